The molecule has 0 radical (unpaired) electrons. The van der Waals surface area contributed by atoms with Gasteiger partial charge < -0.3 is 10.0 Å². The zero-order valence-electron chi connectivity index (χ0n) is 12.3. The fourth-order valence-corrected chi connectivity index (χ4v) is 3.39. The van der Waals surface area contributed by atoms with Crippen LogP contribution in [0.5, 0.6) is 0 Å². The molecular formula is C15H14Cl2N2O3S. The molecule has 0 saturated carbocycles. The molecule has 0 aliphatic heterocycles. The van der Waals surface area contributed by atoms with Gasteiger partial charge in [0.1, 0.15) is 11.6 Å². The van der Waals surface area contributed by atoms with Crippen LogP contribution in [0.2, 0.25) is 10.0 Å². The van der Waals surface area contributed by atoms with E-state index >= 15 is 0 Å². The third kappa shape index (κ3) is 4.67. The van der Waals surface area contributed by atoms with E-state index in [-0.39, 0.29) is 18.9 Å². The lowest BCUT2D eigenvalue weighted by atomic mass is 10.2. The highest BCUT2D eigenvalue weighted by Gasteiger charge is 2.17. The number of carbonyl (C=O) groups is 2. The zero-order chi connectivity index (χ0) is 17.0. The minimum absolute atomic E-state index is 0.0584. The summed E-state index contributed by atoms with van der Waals surface area (Å²) in [4.78, 5) is 28.5. The Hall–Kier alpha value is -1.63. The zero-order valence-corrected chi connectivity index (χ0v) is 14.6. The van der Waals surface area contributed by atoms with Crippen molar-refractivity contribution in [2.75, 3.05) is 13.1 Å². The number of carboxylic acids is 1. The first-order chi connectivity index (χ1) is 10.9. The fraction of sp³-hybridized carbons (Fsp3) is 0.267. The van der Waals surface area contributed by atoms with E-state index in [1.165, 1.54) is 16.2 Å². The molecule has 0 saturated heterocycles. The van der Waals surface area contributed by atoms with E-state index in [2.05, 4.69) is 4.98 Å². The first-order valence-corrected chi connectivity index (χ1v) is 8.43. The number of thiazole rings is 1. The number of halogens is 2. The first kappa shape index (κ1) is 17.7. The maximum atomic E-state index is 12.1. The van der Waals surface area contributed by atoms with Crippen LogP contribution >= 0.6 is 34.5 Å². The molecule has 23 heavy (non-hydrogen) atoms. The standard InChI is InChI=1S/C15H14Cl2N2O3S/c1-2-19(7-14(21)22)13(20)6-10-8-23-15(18-10)11-4-3-9(16)5-12(11)17/h3-5,8H,2,6-7H2,1H3,(H,21,22). The Morgan fingerprint density at radius 1 is 1.35 bits per heavy atom. The van der Waals surface area contributed by atoms with Crippen molar-refractivity contribution < 1.29 is 14.7 Å². The quantitative estimate of drug-likeness (QED) is 0.840. The third-order valence-corrected chi connectivity index (χ3v) is 4.58. The molecule has 1 aromatic carbocycles. The van der Waals surface area contributed by atoms with Crippen molar-refractivity contribution in [3.8, 4) is 10.6 Å². The fourth-order valence-electron chi connectivity index (χ4n) is 1.98. The van der Waals surface area contributed by atoms with Crippen molar-refractivity contribution in [3.05, 3.63) is 39.3 Å². The van der Waals surface area contributed by atoms with Crippen LogP contribution < -0.4 is 0 Å². The molecule has 1 heterocycles. The van der Waals surface area contributed by atoms with E-state index in [0.717, 1.165) is 5.56 Å². The molecule has 0 aliphatic carbocycles. The molecule has 122 valence electrons. The van der Waals surface area contributed by atoms with Gasteiger partial charge in [-0.3, -0.25) is 9.59 Å². The smallest absolute Gasteiger partial charge is 0.323 e. The van der Waals surface area contributed by atoms with Gasteiger partial charge in [0.2, 0.25) is 5.91 Å². The number of likely N-dealkylation sites (N-methyl/N-ethyl adjacent to an activating group) is 1. The largest absolute Gasteiger partial charge is 0.480 e. The summed E-state index contributed by atoms with van der Waals surface area (Å²) in [5.74, 6) is -1.30. The van der Waals surface area contributed by atoms with Gasteiger partial charge in [0.15, 0.2) is 0 Å². The van der Waals surface area contributed by atoms with Crippen molar-refractivity contribution >= 4 is 46.4 Å². The van der Waals surface area contributed by atoms with Gasteiger partial charge in [0.05, 0.1) is 17.1 Å². The normalized spacial score (nSPS) is 10.6. The number of aliphatic carboxylic acids is 1. The molecule has 2 rings (SSSR count). The minimum Gasteiger partial charge on any atom is -0.480 e. The van der Waals surface area contributed by atoms with Crippen LogP contribution in [0.25, 0.3) is 10.6 Å². The summed E-state index contributed by atoms with van der Waals surface area (Å²) in [6.07, 6.45) is 0.0584. The van der Waals surface area contributed by atoms with Crippen LogP contribution in [-0.4, -0.2) is 40.0 Å². The van der Waals surface area contributed by atoms with Crippen molar-refractivity contribution in [2.45, 2.75) is 13.3 Å². The van der Waals surface area contributed by atoms with Gasteiger partial charge in [-0.05, 0) is 25.1 Å². The summed E-state index contributed by atoms with van der Waals surface area (Å²) in [5.41, 5.74) is 1.34. The molecule has 1 N–H and O–H groups in total. The maximum absolute atomic E-state index is 12.1. The molecule has 5 nitrogen and oxygen atoms in total. The number of amides is 1. The lowest BCUT2D eigenvalue weighted by molar-refractivity contribution is -0.144. The molecule has 0 atom stereocenters. The summed E-state index contributed by atoms with van der Waals surface area (Å²) in [7, 11) is 0. The highest BCUT2D eigenvalue weighted by Crippen LogP contribution is 2.32. The average Bonchev–Trinajstić information content (AvgIpc) is 2.92. The number of rotatable bonds is 6. The van der Waals surface area contributed by atoms with E-state index < -0.39 is 5.97 Å². The van der Waals surface area contributed by atoms with Gasteiger partial charge >= 0.3 is 5.97 Å². The first-order valence-electron chi connectivity index (χ1n) is 6.80. The molecule has 2 aromatic rings. The van der Waals surface area contributed by atoms with Crippen LogP contribution in [0, 0.1) is 0 Å². The molecule has 0 fully saturated rings. The number of aromatic nitrogens is 1. The molecule has 0 spiro atoms. The second-order valence-corrected chi connectivity index (χ2v) is 6.45. The summed E-state index contributed by atoms with van der Waals surface area (Å²) in [5, 5.41) is 12.3. The lowest BCUT2D eigenvalue weighted by Crippen LogP contribution is -2.36. The van der Waals surface area contributed by atoms with Crippen molar-refractivity contribution in [3.63, 3.8) is 0 Å². The van der Waals surface area contributed by atoms with Gasteiger partial charge in [0.25, 0.3) is 0 Å². The molecule has 0 aliphatic rings. The summed E-state index contributed by atoms with van der Waals surface area (Å²) < 4.78 is 0. The van der Waals surface area contributed by atoms with Gasteiger partial charge in [-0.1, -0.05) is 23.2 Å². The van der Waals surface area contributed by atoms with Crippen molar-refractivity contribution in [2.24, 2.45) is 0 Å². The highest BCUT2D eigenvalue weighted by atomic mass is 35.5. The highest BCUT2D eigenvalue weighted by molar-refractivity contribution is 7.13. The van der Waals surface area contributed by atoms with Gasteiger partial charge in [-0.2, -0.15) is 0 Å². The van der Waals surface area contributed by atoms with Crippen molar-refractivity contribution in [1.29, 1.82) is 0 Å². The SMILES string of the molecule is CCN(CC(=O)O)C(=O)Cc1csc(-c2ccc(Cl)cc2Cl)n1. The van der Waals surface area contributed by atoms with Crippen molar-refractivity contribution in [1.82, 2.24) is 9.88 Å². The molecule has 1 amide bonds. The summed E-state index contributed by atoms with van der Waals surface area (Å²) in [6, 6.07) is 5.13. The Labute approximate surface area is 147 Å². The number of carbonyl (C=O) groups excluding carboxylic acids is 1. The number of hydrogen-bond acceptors (Lipinski definition) is 4. The van der Waals surface area contributed by atoms with E-state index in [9.17, 15) is 9.59 Å². The number of carboxylic acid groups (broad SMARTS) is 1. The number of hydrogen-bond donors (Lipinski definition) is 1. The van der Waals surface area contributed by atoms with E-state index in [1.54, 1.807) is 30.5 Å². The predicted octanol–water partition coefficient (Wildman–Crippen LogP) is 3.59. The van der Waals surface area contributed by atoms with Crippen LogP contribution in [0.3, 0.4) is 0 Å². The Morgan fingerprint density at radius 3 is 2.70 bits per heavy atom. The van der Waals surface area contributed by atoms with Crippen LogP contribution in [0.1, 0.15) is 12.6 Å². The Balaban J connectivity index is 2.13. The third-order valence-electron chi connectivity index (χ3n) is 3.11. The monoisotopic (exact) mass is 372 g/mol. The Bertz CT molecular complexity index is 733. The van der Waals surface area contributed by atoms with E-state index in [4.69, 9.17) is 28.3 Å². The van der Waals surface area contributed by atoms with Crippen LogP contribution in [-0.2, 0) is 16.0 Å². The van der Waals surface area contributed by atoms with E-state index in [1.807, 2.05) is 0 Å². The second-order valence-electron chi connectivity index (χ2n) is 4.75. The molecular weight excluding hydrogens is 359 g/mol. The van der Waals surface area contributed by atoms with Crippen LogP contribution in [0.4, 0.5) is 0 Å². The van der Waals surface area contributed by atoms with Gasteiger partial charge in [0, 0.05) is 22.5 Å². The second kappa shape index (κ2) is 7.77. The van der Waals surface area contributed by atoms with E-state index in [0.29, 0.717) is 27.3 Å². The number of benzene rings is 1. The summed E-state index contributed by atoms with van der Waals surface area (Å²) in [6.45, 7) is 1.77. The molecule has 8 heteroatoms. The average molecular weight is 373 g/mol. The molecule has 1 aromatic heterocycles. The van der Waals surface area contributed by atoms with Gasteiger partial charge in [-0.25, -0.2) is 4.98 Å². The van der Waals surface area contributed by atoms with Gasteiger partial charge in [-0.15, -0.1) is 11.3 Å². The topological polar surface area (TPSA) is 70.5 Å². The number of nitrogens with zero attached hydrogens (tertiary/aromatic N) is 2. The minimum atomic E-state index is -1.04. The predicted molar refractivity (Wildman–Crippen MR) is 91.2 cm³/mol. The maximum Gasteiger partial charge on any atom is 0.323 e. The molecule has 0 bridgehead atoms. The van der Waals surface area contributed by atoms with Crippen LogP contribution in [0.15, 0.2) is 23.6 Å². The summed E-state index contributed by atoms with van der Waals surface area (Å²) >= 11 is 13.4. The molecule has 0 unspecified atom stereocenters. The Morgan fingerprint density at radius 2 is 2.09 bits per heavy atom. The lowest BCUT2D eigenvalue weighted by Gasteiger charge is -2.17. The Kier molecular flexibility index (Phi) is 5.98.